The monoisotopic (exact) mass is 290 g/mol. The van der Waals surface area contributed by atoms with E-state index < -0.39 is 11.7 Å². The number of ether oxygens (including phenoxy) is 1. The van der Waals surface area contributed by atoms with Gasteiger partial charge in [0.05, 0.1) is 0 Å². The fourth-order valence-electron chi connectivity index (χ4n) is 1.91. The first-order chi connectivity index (χ1) is 9.76. The van der Waals surface area contributed by atoms with E-state index in [2.05, 4.69) is 11.4 Å². The van der Waals surface area contributed by atoms with Crippen molar-refractivity contribution in [2.75, 3.05) is 6.54 Å². The van der Waals surface area contributed by atoms with Crippen molar-refractivity contribution in [2.24, 2.45) is 5.73 Å². The molecular weight excluding hydrogens is 264 g/mol. The summed E-state index contributed by atoms with van der Waals surface area (Å²) in [6, 6.07) is 9.97. The van der Waals surface area contributed by atoms with Gasteiger partial charge in [0.1, 0.15) is 5.60 Å². The Morgan fingerprint density at radius 2 is 1.95 bits per heavy atom. The Morgan fingerprint density at radius 1 is 1.33 bits per heavy atom. The van der Waals surface area contributed by atoms with E-state index >= 15 is 0 Å². The Morgan fingerprint density at radius 3 is 2.52 bits per heavy atom. The molecule has 4 nitrogen and oxygen atoms in total. The van der Waals surface area contributed by atoms with Crippen LogP contribution in [-0.4, -0.2) is 24.3 Å². The standard InChI is InChI=1S/C17H26N2O2/c1-13(10-14-8-6-5-7-9-14)11-15(18)12-19-16(20)21-17(2,3)4/h5-10,15H,11-12,18H2,1-4H3,(H,19,20)/b13-10+. The van der Waals surface area contributed by atoms with E-state index in [1.54, 1.807) is 0 Å². The van der Waals surface area contributed by atoms with Gasteiger partial charge in [0.2, 0.25) is 0 Å². The first-order valence-electron chi connectivity index (χ1n) is 7.21. The zero-order chi connectivity index (χ0) is 15.9. The van der Waals surface area contributed by atoms with E-state index in [-0.39, 0.29) is 6.04 Å². The van der Waals surface area contributed by atoms with Crippen LogP contribution >= 0.6 is 0 Å². The Labute approximate surface area is 127 Å². The van der Waals surface area contributed by atoms with E-state index in [4.69, 9.17) is 10.5 Å². The molecular formula is C17H26N2O2. The van der Waals surface area contributed by atoms with Crippen LogP contribution < -0.4 is 11.1 Å². The molecule has 21 heavy (non-hydrogen) atoms. The molecule has 1 atom stereocenters. The smallest absolute Gasteiger partial charge is 0.407 e. The van der Waals surface area contributed by atoms with Crippen LogP contribution in [-0.2, 0) is 4.74 Å². The summed E-state index contributed by atoms with van der Waals surface area (Å²) in [5.74, 6) is 0. The molecule has 0 spiro atoms. The maximum absolute atomic E-state index is 11.5. The van der Waals surface area contributed by atoms with Crippen LogP contribution in [0.4, 0.5) is 4.79 Å². The Kier molecular flexibility index (Phi) is 6.43. The third-order valence-corrected chi connectivity index (χ3v) is 2.70. The quantitative estimate of drug-likeness (QED) is 0.874. The summed E-state index contributed by atoms with van der Waals surface area (Å²) in [6.45, 7) is 7.94. The van der Waals surface area contributed by atoms with Crippen LogP contribution in [0.5, 0.6) is 0 Å². The number of carbonyl (C=O) groups excluding carboxylic acids is 1. The van der Waals surface area contributed by atoms with E-state index in [0.29, 0.717) is 6.54 Å². The van der Waals surface area contributed by atoms with Gasteiger partial charge in [0, 0.05) is 12.6 Å². The number of amides is 1. The maximum Gasteiger partial charge on any atom is 0.407 e. The van der Waals surface area contributed by atoms with Crippen LogP contribution in [0, 0.1) is 0 Å². The van der Waals surface area contributed by atoms with Gasteiger partial charge in [-0.15, -0.1) is 0 Å². The lowest BCUT2D eigenvalue weighted by molar-refractivity contribution is 0.0524. The molecule has 0 heterocycles. The minimum Gasteiger partial charge on any atom is -0.444 e. The molecule has 1 aromatic rings. The first kappa shape index (κ1) is 17.2. The lowest BCUT2D eigenvalue weighted by Crippen LogP contribution is -2.40. The highest BCUT2D eigenvalue weighted by molar-refractivity contribution is 5.67. The van der Waals surface area contributed by atoms with Crippen molar-refractivity contribution >= 4 is 12.2 Å². The van der Waals surface area contributed by atoms with Crippen molar-refractivity contribution in [1.82, 2.24) is 5.32 Å². The zero-order valence-corrected chi connectivity index (χ0v) is 13.3. The molecule has 0 radical (unpaired) electrons. The third kappa shape index (κ3) is 8.15. The van der Waals surface area contributed by atoms with Gasteiger partial charge in [-0.05, 0) is 39.7 Å². The molecule has 0 fully saturated rings. The molecule has 1 amide bonds. The van der Waals surface area contributed by atoms with Gasteiger partial charge < -0.3 is 15.8 Å². The van der Waals surface area contributed by atoms with Crippen molar-refractivity contribution in [3.05, 3.63) is 41.5 Å². The zero-order valence-electron chi connectivity index (χ0n) is 13.3. The number of carbonyl (C=O) groups is 1. The van der Waals surface area contributed by atoms with Gasteiger partial charge in [0.15, 0.2) is 0 Å². The molecule has 1 unspecified atom stereocenters. The molecule has 3 N–H and O–H groups in total. The third-order valence-electron chi connectivity index (χ3n) is 2.70. The summed E-state index contributed by atoms with van der Waals surface area (Å²) >= 11 is 0. The molecule has 0 aliphatic heterocycles. The molecule has 0 aliphatic rings. The van der Waals surface area contributed by atoms with Crippen molar-refractivity contribution < 1.29 is 9.53 Å². The van der Waals surface area contributed by atoms with Crippen LogP contribution in [0.2, 0.25) is 0 Å². The molecule has 1 aromatic carbocycles. The molecule has 0 bridgehead atoms. The fraction of sp³-hybridized carbons (Fsp3) is 0.471. The average Bonchev–Trinajstić information content (AvgIpc) is 2.35. The lowest BCUT2D eigenvalue weighted by atomic mass is 10.1. The fourth-order valence-corrected chi connectivity index (χ4v) is 1.91. The molecule has 0 saturated heterocycles. The highest BCUT2D eigenvalue weighted by Crippen LogP contribution is 2.10. The van der Waals surface area contributed by atoms with Gasteiger partial charge in [-0.3, -0.25) is 0 Å². The Hall–Kier alpha value is -1.81. The number of hydrogen-bond acceptors (Lipinski definition) is 3. The van der Waals surface area contributed by atoms with E-state index in [1.807, 2.05) is 58.0 Å². The van der Waals surface area contributed by atoms with Crippen LogP contribution in [0.3, 0.4) is 0 Å². The highest BCUT2D eigenvalue weighted by Gasteiger charge is 2.16. The van der Waals surface area contributed by atoms with Gasteiger partial charge in [-0.25, -0.2) is 4.79 Å². The van der Waals surface area contributed by atoms with Crippen molar-refractivity contribution in [1.29, 1.82) is 0 Å². The molecule has 0 saturated carbocycles. The minimum absolute atomic E-state index is 0.127. The summed E-state index contributed by atoms with van der Waals surface area (Å²) < 4.78 is 5.17. The molecule has 116 valence electrons. The van der Waals surface area contributed by atoms with Crippen molar-refractivity contribution in [3.8, 4) is 0 Å². The normalized spacial score (nSPS) is 13.7. The predicted molar refractivity (Wildman–Crippen MR) is 86.9 cm³/mol. The van der Waals surface area contributed by atoms with Gasteiger partial charge >= 0.3 is 6.09 Å². The predicted octanol–water partition coefficient (Wildman–Crippen LogP) is 3.33. The summed E-state index contributed by atoms with van der Waals surface area (Å²) in [6.07, 6.45) is 2.40. The minimum atomic E-state index is -0.489. The number of nitrogens with two attached hydrogens (primary N) is 1. The molecule has 0 aromatic heterocycles. The lowest BCUT2D eigenvalue weighted by Gasteiger charge is -2.21. The van der Waals surface area contributed by atoms with E-state index in [1.165, 1.54) is 5.57 Å². The van der Waals surface area contributed by atoms with Gasteiger partial charge in [-0.2, -0.15) is 0 Å². The second kappa shape index (κ2) is 7.84. The number of hydrogen-bond donors (Lipinski definition) is 2. The van der Waals surface area contributed by atoms with Gasteiger partial charge in [0.25, 0.3) is 0 Å². The second-order valence-electron chi connectivity index (χ2n) is 6.25. The summed E-state index contributed by atoms with van der Waals surface area (Å²) in [5, 5.41) is 2.69. The topological polar surface area (TPSA) is 64.3 Å². The average molecular weight is 290 g/mol. The number of rotatable bonds is 5. The van der Waals surface area contributed by atoms with E-state index in [9.17, 15) is 4.79 Å². The SMILES string of the molecule is C/C(=C\c1ccccc1)CC(N)CNC(=O)OC(C)(C)C. The van der Waals surface area contributed by atoms with Crippen molar-refractivity contribution in [3.63, 3.8) is 0 Å². The van der Waals surface area contributed by atoms with Crippen LogP contribution in [0.15, 0.2) is 35.9 Å². The van der Waals surface area contributed by atoms with Crippen molar-refractivity contribution in [2.45, 2.75) is 45.8 Å². The van der Waals surface area contributed by atoms with E-state index in [0.717, 1.165) is 12.0 Å². The number of alkyl carbamates (subject to hydrolysis) is 1. The molecule has 1 rings (SSSR count). The first-order valence-corrected chi connectivity index (χ1v) is 7.21. The second-order valence-corrected chi connectivity index (χ2v) is 6.25. The van der Waals surface area contributed by atoms with Crippen LogP contribution in [0.25, 0.3) is 6.08 Å². The Balaban J connectivity index is 2.38. The molecule has 0 aliphatic carbocycles. The largest absolute Gasteiger partial charge is 0.444 e. The van der Waals surface area contributed by atoms with Crippen LogP contribution in [0.1, 0.15) is 39.7 Å². The molecule has 4 heteroatoms. The van der Waals surface area contributed by atoms with Gasteiger partial charge in [-0.1, -0.05) is 42.0 Å². The number of nitrogens with one attached hydrogen (secondary N) is 1. The number of benzene rings is 1. The Bertz CT molecular complexity index is 475. The highest BCUT2D eigenvalue weighted by atomic mass is 16.6. The summed E-state index contributed by atoms with van der Waals surface area (Å²) in [4.78, 5) is 11.5. The maximum atomic E-state index is 11.5. The summed E-state index contributed by atoms with van der Waals surface area (Å²) in [5.41, 5.74) is 7.88. The summed E-state index contributed by atoms with van der Waals surface area (Å²) in [7, 11) is 0.